The van der Waals surface area contributed by atoms with Gasteiger partial charge in [0.25, 0.3) is 5.91 Å². The van der Waals surface area contributed by atoms with Crippen molar-refractivity contribution in [1.82, 2.24) is 9.80 Å². The molecule has 3 aromatic rings. The molecule has 4 rings (SSSR count). The molecule has 3 aromatic carbocycles. The maximum absolute atomic E-state index is 13.5. The second-order valence-corrected chi connectivity index (χ2v) is 10.7. The molecule has 1 N–H and O–H groups in total. The number of carbonyl (C=O) groups is 2. The van der Waals surface area contributed by atoms with Crippen molar-refractivity contribution in [2.24, 2.45) is 5.92 Å². The van der Waals surface area contributed by atoms with Crippen molar-refractivity contribution in [3.8, 4) is 5.75 Å². The smallest absolute Gasteiger partial charge is 0.257 e. The molecule has 7 heteroatoms. The predicted molar refractivity (Wildman–Crippen MR) is 159 cm³/mol. The quantitative estimate of drug-likeness (QED) is 0.458. The Morgan fingerprint density at radius 2 is 1.65 bits per heavy atom. The number of carbonyl (C=O) groups excluding carboxylic acids is 2. The van der Waals surface area contributed by atoms with Gasteiger partial charge in [-0.15, -0.1) is 0 Å². The first-order valence-electron chi connectivity index (χ1n) is 14.0. The number of methoxy groups -OCH3 is 1. The zero-order chi connectivity index (χ0) is 28.5. The first kappa shape index (κ1) is 29.3. The van der Waals surface area contributed by atoms with Crippen LogP contribution in [-0.2, 0) is 22.4 Å². The molecule has 1 heterocycles. The minimum atomic E-state index is -0.138. The number of anilines is 1. The molecule has 0 saturated heterocycles. The van der Waals surface area contributed by atoms with Gasteiger partial charge in [-0.25, -0.2) is 0 Å². The summed E-state index contributed by atoms with van der Waals surface area (Å²) in [5.41, 5.74) is 3.30. The summed E-state index contributed by atoms with van der Waals surface area (Å²) in [5.74, 6) is 0.409. The second kappa shape index (κ2) is 14.1. The molecule has 0 aliphatic carbocycles. The Balaban J connectivity index is 1.56. The molecule has 1 aliphatic rings. The van der Waals surface area contributed by atoms with Crippen molar-refractivity contribution in [3.05, 3.63) is 95.6 Å². The van der Waals surface area contributed by atoms with Crippen LogP contribution < -0.4 is 10.1 Å². The van der Waals surface area contributed by atoms with Crippen LogP contribution in [0, 0.1) is 5.92 Å². The molecule has 40 heavy (non-hydrogen) atoms. The SMILES string of the molecule is CO[C@@H]1CN(C)C(=O)c2ccc(NC(=O)Cc3ccccc3)cc2OC[C@@H](C)N(CCc2ccccc2)C[C@H]1C. The van der Waals surface area contributed by atoms with Crippen LogP contribution in [0.5, 0.6) is 5.75 Å². The topological polar surface area (TPSA) is 71.1 Å². The summed E-state index contributed by atoms with van der Waals surface area (Å²) in [6.45, 7) is 6.91. The van der Waals surface area contributed by atoms with E-state index in [0.717, 1.165) is 25.1 Å². The molecule has 0 fully saturated rings. The van der Waals surface area contributed by atoms with E-state index in [4.69, 9.17) is 9.47 Å². The largest absolute Gasteiger partial charge is 0.491 e. The van der Waals surface area contributed by atoms with Gasteiger partial charge in [0.2, 0.25) is 5.91 Å². The maximum Gasteiger partial charge on any atom is 0.257 e. The molecule has 1 aliphatic heterocycles. The number of ether oxygens (including phenoxy) is 2. The molecule has 7 nitrogen and oxygen atoms in total. The van der Waals surface area contributed by atoms with Gasteiger partial charge in [0.05, 0.1) is 18.1 Å². The van der Waals surface area contributed by atoms with Crippen LogP contribution in [0.2, 0.25) is 0 Å². The molecule has 0 saturated carbocycles. The average Bonchev–Trinajstić information content (AvgIpc) is 2.96. The van der Waals surface area contributed by atoms with Gasteiger partial charge in [0, 0.05) is 51.6 Å². The Bertz CT molecular complexity index is 1250. The molecular weight excluding hydrogens is 502 g/mol. The van der Waals surface area contributed by atoms with E-state index < -0.39 is 0 Å². The number of amides is 2. The normalized spacial score (nSPS) is 20.6. The van der Waals surface area contributed by atoms with Crippen LogP contribution in [0.25, 0.3) is 0 Å². The molecule has 2 amide bonds. The summed E-state index contributed by atoms with van der Waals surface area (Å²) < 4.78 is 12.2. The third-order valence-electron chi connectivity index (χ3n) is 7.60. The van der Waals surface area contributed by atoms with Gasteiger partial charge in [0.15, 0.2) is 0 Å². The van der Waals surface area contributed by atoms with Gasteiger partial charge in [-0.3, -0.25) is 14.5 Å². The third-order valence-corrected chi connectivity index (χ3v) is 7.60. The van der Waals surface area contributed by atoms with Gasteiger partial charge >= 0.3 is 0 Å². The van der Waals surface area contributed by atoms with Crippen LogP contribution in [-0.4, -0.2) is 74.2 Å². The van der Waals surface area contributed by atoms with Gasteiger partial charge in [-0.2, -0.15) is 0 Å². The number of likely N-dealkylation sites (N-methyl/N-ethyl adjacent to an activating group) is 1. The monoisotopic (exact) mass is 543 g/mol. The van der Waals surface area contributed by atoms with Gasteiger partial charge in [0.1, 0.15) is 12.4 Å². The van der Waals surface area contributed by atoms with Crippen LogP contribution in [0.1, 0.15) is 35.3 Å². The van der Waals surface area contributed by atoms with Crippen molar-refractivity contribution in [3.63, 3.8) is 0 Å². The van der Waals surface area contributed by atoms with Crippen LogP contribution in [0.4, 0.5) is 5.69 Å². The molecular formula is C33H41N3O4. The summed E-state index contributed by atoms with van der Waals surface area (Å²) in [5, 5.41) is 2.96. The van der Waals surface area contributed by atoms with E-state index in [1.165, 1.54) is 5.56 Å². The van der Waals surface area contributed by atoms with Crippen molar-refractivity contribution in [2.45, 2.75) is 38.8 Å². The summed E-state index contributed by atoms with van der Waals surface area (Å²) in [6.07, 6.45) is 1.09. The molecule has 3 atom stereocenters. The minimum absolute atomic E-state index is 0.0973. The molecule has 0 unspecified atom stereocenters. The number of rotatable bonds is 7. The summed E-state index contributed by atoms with van der Waals surface area (Å²) in [6, 6.07) is 25.5. The average molecular weight is 544 g/mol. The van der Waals surface area contributed by atoms with Crippen LogP contribution in [0.15, 0.2) is 78.9 Å². The first-order chi connectivity index (χ1) is 19.3. The highest BCUT2D eigenvalue weighted by atomic mass is 16.5. The number of benzene rings is 3. The highest BCUT2D eigenvalue weighted by Crippen LogP contribution is 2.27. The van der Waals surface area contributed by atoms with E-state index in [9.17, 15) is 9.59 Å². The number of fused-ring (bicyclic) bond motifs is 1. The number of nitrogens with zero attached hydrogens (tertiary/aromatic N) is 2. The molecule has 0 radical (unpaired) electrons. The van der Waals surface area contributed by atoms with Gasteiger partial charge < -0.3 is 19.7 Å². The number of hydrogen-bond donors (Lipinski definition) is 1. The fourth-order valence-corrected chi connectivity index (χ4v) is 5.14. The summed E-state index contributed by atoms with van der Waals surface area (Å²) in [4.78, 5) is 30.3. The fourth-order valence-electron chi connectivity index (χ4n) is 5.14. The van der Waals surface area contributed by atoms with E-state index in [0.29, 0.717) is 30.2 Å². The lowest BCUT2D eigenvalue weighted by molar-refractivity contribution is -0.115. The van der Waals surface area contributed by atoms with Crippen molar-refractivity contribution < 1.29 is 19.1 Å². The Kier molecular flexibility index (Phi) is 10.3. The molecule has 0 aromatic heterocycles. The van der Waals surface area contributed by atoms with E-state index in [1.807, 2.05) is 36.4 Å². The lowest BCUT2D eigenvalue weighted by Gasteiger charge is -2.36. The second-order valence-electron chi connectivity index (χ2n) is 10.7. The standard InChI is InChI=1S/C33H41N3O4/c1-24-21-36(18-17-26-11-7-5-8-12-26)25(2)23-40-30-20-28(34-32(37)19-27-13-9-6-10-14-27)15-16-29(30)33(38)35(3)22-31(24)39-4/h5-16,20,24-25,31H,17-19,21-23H2,1-4H3,(H,34,37)/t24-,25-,31-/m1/s1. The third kappa shape index (κ3) is 7.93. The van der Waals surface area contributed by atoms with Crippen molar-refractivity contribution in [1.29, 1.82) is 0 Å². The zero-order valence-electron chi connectivity index (χ0n) is 24.0. The van der Waals surface area contributed by atoms with Crippen molar-refractivity contribution in [2.75, 3.05) is 45.7 Å². The van der Waals surface area contributed by atoms with Crippen LogP contribution in [0.3, 0.4) is 0 Å². The minimum Gasteiger partial charge on any atom is -0.491 e. The first-order valence-corrected chi connectivity index (χ1v) is 14.0. The number of nitrogens with one attached hydrogen (secondary N) is 1. The Morgan fingerprint density at radius 3 is 2.33 bits per heavy atom. The number of hydrogen-bond acceptors (Lipinski definition) is 5. The lowest BCUT2D eigenvalue weighted by atomic mass is 10.0. The van der Waals surface area contributed by atoms with Crippen molar-refractivity contribution >= 4 is 17.5 Å². The highest BCUT2D eigenvalue weighted by molar-refractivity contribution is 5.98. The van der Waals surface area contributed by atoms with Gasteiger partial charge in [-0.05, 0) is 42.5 Å². The van der Waals surface area contributed by atoms with Crippen LogP contribution >= 0.6 is 0 Å². The molecule has 0 spiro atoms. The Morgan fingerprint density at radius 1 is 0.975 bits per heavy atom. The van der Waals surface area contributed by atoms with Gasteiger partial charge in [-0.1, -0.05) is 67.6 Å². The molecule has 212 valence electrons. The van der Waals surface area contributed by atoms with E-state index in [2.05, 4.69) is 48.3 Å². The van der Waals surface area contributed by atoms with E-state index >= 15 is 0 Å². The highest BCUT2D eigenvalue weighted by Gasteiger charge is 2.28. The Labute approximate surface area is 238 Å². The van der Waals surface area contributed by atoms with E-state index in [1.54, 1.807) is 37.3 Å². The summed E-state index contributed by atoms with van der Waals surface area (Å²) >= 11 is 0. The predicted octanol–water partition coefficient (Wildman–Crippen LogP) is 4.92. The fraction of sp³-hybridized carbons (Fsp3) is 0.394. The Hall–Kier alpha value is -3.68. The zero-order valence-corrected chi connectivity index (χ0v) is 24.0. The lowest BCUT2D eigenvalue weighted by Crippen LogP contribution is -2.47. The molecule has 0 bridgehead atoms. The summed E-state index contributed by atoms with van der Waals surface area (Å²) in [7, 11) is 3.51. The van der Waals surface area contributed by atoms with E-state index in [-0.39, 0.29) is 36.3 Å². The maximum atomic E-state index is 13.5.